The summed E-state index contributed by atoms with van der Waals surface area (Å²) < 4.78 is 1.66. The number of para-hydroxylation sites is 1. The first kappa shape index (κ1) is 18.5. The molecule has 0 aliphatic heterocycles. The van der Waals surface area contributed by atoms with E-state index in [1.54, 1.807) is 11.5 Å². The van der Waals surface area contributed by atoms with Crippen LogP contribution in [0.3, 0.4) is 0 Å². The average molecular weight is 391 g/mol. The van der Waals surface area contributed by atoms with Crippen LogP contribution in [-0.2, 0) is 4.79 Å². The van der Waals surface area contributed by atoms with Crippen LogP contribution in [0.15, 0.2) is 36.9 Å². The van der Waals surface area contributed by atoms with Crippen molar-refractivity contribution in [3.05, 3.63) is 42.7 Å². The summed E-state index contributed by atoms with van der Waals surface area (Å²) in [5, 5.41) is 10.2. The van der Waals surface area contributed by atoms with Crippen LogP contribution in [0.4, 0.5) is 11.5 Å². The van der Waals surface area contributed by atoms with Gasteiger partial charge in [-0.1, -0.05) is 26.0 Å². The molecule has 0 saturated carbocycles. The van der Waals surface area contributed by atoms with Crippen LogP contribution in [0.1, 0.15) is 38.6 Å². The maximum absolute atomic E-state index is 13.0. The van der Waals surface area contributed by atoms with Gasteiger partial charge in [-0.05, 0) is 19.1 Å². The summed E-state index contributed by atoms with van der Waals surface area (Å²) in [6.45, 7) is 5.83. The number of imidazole rings is 1. The molecule has 0 aliphatic rings. The number of hydrogen-bond acceptors (Lipinski definition) is 7. The molecule has 10 nitrogen and oxygen atoms in total. The second-order valence-corrected chi connectivity index (χ2v) is 6.99. The van der Waals surface area contributed by atoms with E-state index in [4.69, 9.17) is 5.73 Å². The van der Waals surface area contributed by atoms with Crippen LogP contribution in [0, 0.1) is 0 Å². The predicted molar refractivity (Wildman–Crippen MR) is 109 cm³/mol. The van der Waals surface area contributed by atoms with Crippen molar-refractivity contribution in [2.75, 3.05) is 11.1 Å². The SMILES string of the molecule is CC(C)c1nc(-c2ccccc2NC(=O)C(C)n2cnc3c(N)ncnc32)n[nH]1. The van der Waals surface area contributed by atoms with E-state index in [0.29, 0.717) is 22.7 Å². The second-order valence-electron chi connectivity index (χ2n) is 6.99. The smallest absolute Gasteiger partial charge is 0.247 e. The number of anilines is 2. The highest BCUT2D eigenvalue weighted by atomic mass is 16.2. The molecule has 0 spiro atoms. The van der Waals surface area contributed by atoms with Crippen molar-refractivity contribution in [3.63, 3.8) is 0 Å². The van der Waals surface area contributed by atoms with Crippen molar-refractivity contribution in [1.29, 1.82) is 0 Å². The molecule has 0 saturated heterocycles. The van der Waals surface area contributed by atoms with Crippen molar-refractivity contribution in [1.82, 2.24) is 34.7 Å². The number of nitrogens with one attached hydrogen (secondary N) is 2. The number of rotatable bonds is 5. The number of carbonyl (C=O) groups is 1. The van der Waals surface area contributed by atoms with Crippen LogP contribution in [-0.4, -0.2) is 40.6 Å². The lowest BCUT2D eigenvalue weighted by Crippen LogP contribution is -2.23. The number of benzene rings is 1. The zero-order valence-electron chi connectivity index (χ0n) is 16.3. The highest BCUT2D eigenvalue weighted by Gasteiger charge is 2.21. The number of hydrogen-bond donors (Lipinski definition) is 3. The van der Waals surface area contributed by atoms with E-state index in [9.17, 15) is 4.79 Å². The molecule has 4 rings (SSSR count). The van der Waals surface area contributed by atoms with Gasteiger partial charge in [0.05, 0.1) is 12.0 Å². The normalized spacial score (nSPS) is 12.4. The minimum absolute atomic E-state index is 0.224. The Morgan fingerprint density at radius 2 is 1.97 bits per heavy atom. The van der Waals surface area contributed by atoms with Crippen molar-refractivity contribution >= 4 is 28.6 Å². The van der Waals surface area contributed by atoms with Crippen LogP contribution in [0.2, 0.25) is 0 Å². The Balaban J connectivity index is 1.62. The molecule has 3 aromatic heterocycles. The average Bonchev–Trinajstić information content (AvgIpc) is 3.36. The van der Waals surface area contributed by atoms with Crippen LogP contribution >= 0.6 is 0 Å². The quantitative estimate of drug-likeness (QED) is 0.475. The molecule has 29 heavy (non-hydrogen) atoms. The first-order valence-corrected chi connectivity index (χ1v) is 9.21. The van der Waals surface area contributed by atoms with Crippen LogP contribution in [0.25, 0.3) is 22.6 Å². The minimum Gasteiger partial charge on any atom is -0.382 e. The Morgan fingerprint density at radius 3 is 2.72 bits per heavy atom. The first-order valence-electron chi connectivity index (χ1n) is 9.21. The molecule has 4 N–H and O–H groups in total. The molecule has 0 radical (unpaired) electrons. The highest BCUT2D eigenvalue weighted by molar-refractivity contribution is 5.97. The standard InChI is InChI=1S/C19H21N9O/c1-10(2)16-25-17(27-26-16)12-6-4-5-7-13(12)24-19(29)11(3)28-9-23-14-15(20)21-8-22-18(14)28/h4-11H,1-3H3,(H,24,29)(H2,20,21,22)(H,25,26,27). The Bertz CT molecular complexity index is 1180. The third-order valence-electron chi connectivity index (χ3n) is 4.66. The van der Waals surface area contributed by atoms with Gasteiger partial charge < -0.3 is 15.6 Å². The van der Waals surface area contributed by atoms with E-state index < -0.39 is 6.04 Å². The number of nitrogen functional groups attached to an aromatic ring is 1. The van der Waals surface area contributed by atoms with Gasteiger partial charge in [0.1, 0.15) is 23.7 Å². The molecule has 0 fully saturated rings. The third kappa shape index (κ3) is 3.40. The van der Waals surface area contributed by atoms with Crippen molar-refractivity contribution in [2.45, 2.75) is 32.7 Å². The van der Waals surface area contributed by atoms with Gasteiger partial charge in [0.15, 0.2) is 17.3 Å². The zero-order valence-corrected chi connectivity index (χ0v) is 16.3. The molecule has 1 atom stereocenters. The van der Waals surface area contributed by atoms with Gasteiger partial charge in [0.25, 0.3) is 0 Å². The van der Waals surface area contributed by atoms with Gasteiger partial charge in [-0.15, -0.1) is 0 Å². The second kappa shape index (κ2) is 7.30. The van der Waals surface area contributed by atoms with Crippen LogP contribution < -0.4 is 11.1 Å². The number of nitrogens with two attached hydrogens (primary N) is 1. The van der Waals surface area contributed by atoms with Gasteiger partial charge in [0, 0.05) is 11.5 Å². The largest absolute Gasteiger partial charge is 0.382 e. The van der Waals surface area contributed by atoms with Gasteiger partial charge >= 0.3 is 0 Å². The van der Waals surface area contributed by atoms with E-state index in [0.717, 1.165) is 11.4 Å². The monoisotopic (exact) mass is 391 g/mol. The summed E-state index contributed by atoms with van der Waals surface area (Å²) >= 11 is 0. The number of nitrogens with zero attached hydrogens (tertiary/aromatic N) is 6. The maximum Gasteiger partial charge on any atom is 0.247 e. The topological polar surface area (TPSA) is 140 Å². The molecule has 0 aliphatic carbocycles. The molecule has 1 amide bonds. The maximum atomic E-state index is 13.0. The fraction of sp³-hybridized carbons (Fsp3) is 0.263. The summed E-state index contributed by atoms with van der Waals surface area (Å²) in [6.07, 6.45) is 2.89. The van der Waals surface area contributed by atoms with Gasteiger partial charge in [-0.3, -0.25) is 9.89 Å². The van der Waals surface area contributed by atoms with Crippen molar-refractivity contribution in [3.8, 4) is 11.4 Å². The van der Waals surface area contributed by atoms with Gasteiger partial charge in [0.2, 0.25) is 5.91 Å². The van der Waals surface area contributed by atoms with Crippen molar-refractivity contribution < 1.29 is 4.79 Å². The van der Waals surface area contributed by atoms with Gasteiger partial charge in [-0.2, -0.15) is 5.10 Å². The molecular formula is C19H21N9O. The van der Waals surface area contributed by atoms with E-state index in [2.05, 4.69) is 35.5 Å². The van der Waals surface area contributed by atoms with Crippen LogP contribution in [0.5, 0.6) is 0 Å². The molecule has 148 valence electrons. The molecule has 10 heteroatoms. The van der Waals surface area contributed by atoms with Gasteiger partial charge in [-0.25, -0.2) is 19.9 Å². The lowest BCUT2D eigenvalue weighted by molar-refractivity contribution is -0.118. The molecule has 1 aromatic carbocycles. The fourth-order valence-electron chi connectivity index (χ4n) is 2.96. The van der Waals surface area contributed by atoms with Crippen molar-refractivity contribution in [2.24, 2.45) is 0 Å². The molecule has 0 bridgehead atoms. The molecule has 1 unspecified atom stereocenters. The molecule has 4 aromatic rings. The predicted octanol–water partition coefficient (Wildman–Crippen LogP) is 2.52. The first-order chi connectivity index (χ1) is 14.0. The van der Waals surface area contributed by atoms with E-state index in [1.807, 2.05) is 38.1 Å². The molecular weight excluding hydrogens is 370 g/mol. The van der Waals surface area contributed by atoms with E-state index >= 15 is 0 Å². The Morgan fingerprint density at radius 1 is 1.17 bits per heavy atom. The summed E-state index contributed by atoms with van der Waals surface area (Å²) in [4.78, 5) is 29.8. The number of fused-ring (bicyclic) bond motifs is 1. The number of H-pyrrole nitrogens is 1. The number of aromatic amines is 1. The Kier molecular flexibility index (Phi) is 4.67. The lowest BCUT2D eigenvalue weighted by Gasteiger charge is -2.15. The summed E-state index contributed by atoms with van der Waals surface area (Å²) in [6, 6.07) is 6.84. The summed E-state index contributed by atoms with van der Waals surface area (Å²) in [5.41, 5.74) is 8.16. The highest BCUT2D eigenvalue weighted by Crippen LogP contribution is 2.27. The number of carbonyl (C=O) groups excluding carboxylic acids is 1. The van der Waals surface area contributed by atoms with E-state index in [1.165, 1.54) is 12.7 Å². The summed E-state index contributed by atoms with van der Waals surface area (Å²) in [5.74, 6) is 1.59. The fourth-order valence-corrected chi connectivity index (χ4v) is 2.96. The zero-order chi connectivity index (χ0) is 20.5. The Hall–Kier alpha value is -3.82. The number of aromatic nitrogens is 7. The van der Waals surface area contributed by atoms with E-state index in [-0.39, 0.29) is 17.6 Å². The third-order valence-corrected chi connectivity index (χ3v) is 4.66. The minimum atomic E-state index is -0.569. The summed E-state index contributed by atoms with van der Waals surface area (Å²) in [7, 11) is 0. The molecule has 3 heterocycles. The lowest BCUT2D eigenvalue weighted by atomic mass is 10.1. The Labute approximate surface area is 166 Å². The number of amides is 1.